The first-order chi connectivity index (χ1) is 11.1. The molecule has 0 bridgehead atoms. The Morgan fingerprint density at radius 3 is 2.58 bits per heavy atom. The highest BCUT2D eigenvalue weighted by molar-refractivity contribution is 5.69. The number of nitrogens with two attached hydrogens (primary N) is 1. The maximum absolute atomic E-state index is 12.7. The van der Waals surface area contributed by atoms with Gasteiger partial charge in [-0.2, -0.15) is 0 Å². The number of likely N-dealkylation sites (tertiary alicyclic amines) is 1. The molecule has 1 fully saturated rings. The van der Waals surface area contributed by atoms with Crippen molar-refractivity contribution >= 4 is 6.09 Å². The Labute approximate surface area is 146 Å². The molecule has 1 heterocycles. The lowest BCUT2D eigenvalue weighted by Crippen LogP contribution is -2.57. The second-order valence-corrected chi connectivity index (χ2v) is 7.99. The van der Waals surface area contributed by atoms with Crippen LogP contribution in [0.4, 0.5) is 4.79 Å². The van der Waals surface area contributed by atoms with E-state index in [4.69, 9.17) is 10.5 Å². The molecule has 134 valence electrons. The number of carbonyl (C=O) groups excluding carboxylic acids is 1. The minimum Gasteiger partial charge on any atom is -0.444 e. The van der Waals surface area contributed by atoms with E-state index in [1.807, 2.05) is 25.7 Å². The van der Waals surface area contributed by atoms with Gasteiger partial charge >= 0.3 is 6.09 Å². The zero-order valence-electron chi connectivity index (χ0n) is 15.9. The number of piperidine rings is 1. The molecular formula is C20H32N2O2. The minimum atomic E-state index is -0.494. The molecule has 0 spiro atoms. The number of carbonyl (C=O) groups is 1. The van der Waals surface area contributed by atoms with Crippen LogP contribution in [0, 0.1) is 13.8 Å². The lowest BCUT2D eigenvalue weighted by atomic mass is 9.81. The molecule has 0 radical (unpaired) electrons. The molecule has 3 unspecified atom stereocenters. The van der Waals surface area contributed by atoms with Crippen LogP contribution in [-0.2, 0) is 4.74 Å². The number of aryl methyl sites for hydroxylation is 1. The molecule has 0 saturated carbocycles. The van der Waals surface area contributed by atoms with Gasteiger partial charge in [0.15, 0.2) is 0 Å². The highest BCUT2D eigenvalue weighted by atomic mass is 16.6. The maximum Gasteiger partial charge on any atom is 0.410 e. The molecule has 0 aliphatic carbocycles. The second-order valence-electron chi connectivity index (χ2n) is 7.99. The fourth-order valence-corrected chi connectivity index (χ4v) is 3.66. The molecule has 3 atom stereocenters. The van der Waals surface area contributed by atoms with Crippen molar-refractivity contribution in [3.63, 3.8) is 0 Å². The van der Waals surface area contributed by atoms with Gasteiger partial charge < -0.3 is 15.4 Å². The number of hydrogen-bond acceptors (Lipinski definition) is 3. The number of rotatable bonds is 2. The summed E-state index contributed by atoms with van der Waals surface area (Å²) >= 11 is 0. The quantitative estimate of drug-likeness (QED) is 0.886. The Morgan fingerprint density at radius 1 is 1.33 bits per heavy atom. The van der Waals surface area contributed by atoms with E-state index in [0.717, 1.165) is 12.8 Å². The standard InChI is InChI=1S/C20H32N2O2/c1-7-18-17(21)11-15(16-10-8-9-13(2)14(16)3)12-22(18)19(23)24-20(4,5)6/h8-10,15,17-18H,7,11-12,21H2,1-6H3. The summed E-state index contributed by atoms with van der Waals surface area (Å²) < 4.78 is 5.63. The average Bonchev–Trinajstić information content (AvgIpc) is 2.47. The van der Waals surface area contributed by atoms with E-state index >= 15 is 0 Å². The van der Waals surface area contributed by atoms with Crippen molar-refractivity contribution in [3.8, 4) is 0 Å². The molecule has 24 heavy (non-hydrogen) atoms. The lowest BCUT2D eigenvalue weighted by molar-refractivity contribution is 0.00350. The van der Waals surface area contributed by atoms with Crippen LogP contribution in [0.25, 0.3) is 0 Å². The summed E-state index contributed by atoms with van der Waals surface area (Å²) in [5.41, 5.74) is 9.83. The van der Waals surface area contributed by atoms with Crippen molar-refractivity contribution < 1.29 is 9.53 Å². The number of amides is 1. The van der Waals surface area contributed by atoms with Gasteiger partial charge in [-0.15, -0.1) is 0 Å². The van der Waals surface area contributed by atoms with Crippen molar-refractivity contribution in [1.82, 2.24) is 4.90 Å². The summed E-state index contributed by atoms with van der Waals surface area (Å²) in [6, 6.07) is 6.40. The highest BCUT2D eigenvalue weighted by Gasteiger charge is 2.38. The van der Waals surface area contributed by atoms with Crippen LogP contribution in [0.15, 0.2) is 18.2 Å². The molecule has 4 heteroatoms. The van der Waals surface area contributed by atoms with E-state index in [9.17, 15) is 4.79 Å². The van der Waals surface area contributed by atoms with Crippen LogP contribution < -0.4 is 5.73 Å². The fraction of sp³-hybridized carbons (Fsp3) is 0.650. The number of benzene rings is 1. The van der Waals surface area contributed by atoms with Crippen molar-refractivity contribution in [2.24, 2.45) is 5.73 Å². The summed E-state index contributed by atoms with van der Waals surface area (Å²) in [6.07, 6.45) is 1.50. The largest absolute Gasteiger partial charge is 0.444 e. The summed E-state index contributed by atoms with van der Waals surface area (Å²) in [4.78, 5) is 14.6. The second kappa shape index (κ2) is 7.14. The van der Waals surface area contributed by atoms with Gasteiger partial charge in [-0.3, -0.25) is 0 Å². The summed E-state index contributed by atoms with van der Waals surface area (Å²) in [5, 5.41) is 0. The first-order valence-corrected chi connectivity index (χ1v) is 8.95. The Balaban J connectivity index is 2.28. The van der Waals surface area contributed by atoms with Gasteiger partial charge in [0.25, 0.3) is 0 Å². The molecule has 1 saturated heterocycles. The van der Waals surface area contributed by atoms with E-state index in [-0.39, 0.29) is 24.1 Å². The monoisotopic (exact) mass is 332 g/mol. The lowest BCUT2D eigenvalue weighted by Gasteiger charge is -2.43. The van der Waals surface area contributed by atoms with Crippen molar-refractivity contribution in [2.45, 2.75) is 78.0 Å². The van der Waals surface area contributed by atoms with Crippen LogP contribution in [0.5, 0.6) is 0 Å². The maximum atomic E-state index is 12.7. The third kappa shape index (κ3) is 4.10. The molecule has 1 aliphatic rings. The van der Waals surface area contributed by atoms with E-state index in [1.165, 1.54) is 16.7 Å². The summed E-state index contributed by atoms with van der Waals surface area (Å²) in [5.74, 6) is 0.259. The average molecular weight is 332 g/mol. The Morgan fingerprint density at radius 2 is 2.00 bits per heavy atom. The zero-order chi connectivity index (χ0) is 18.1. The fourth-order valence-electron chi connectivity index (χ4n) is 3.66. The van der Waals surface area contributed by atoms with Gasteiger partial charge in [-0.1, -0.05) is 25.1 Å². The minimum absolute atomic E-state index is 0.0267. The molecule has 1 aromatic rings. The van der Waals surface area contributed by atoms with Crippen LogP contribution >= 0.6 is 0 Å². The van der Waals surface area contributed by atoms with Crippen LogP contribution in [-0.4, -0.2) is 35.2 Å². The normalized spacial score (nSPS) is 24.8. The smallest absolute Gasteiger partial charge is 0.410 e. The first-order valence-electron chi connectivity index (χ1n) is 8.95. The third-order valence-corrected chi connectivity index (χ3v) is 5.00. The SMILES string of the molecule is CCC1C(N)CC(c2cccc(C)c2C)CN1C(=O)OC(C)(C)C. The van der Waals surface area contributed by atoms with E-state index in [2.05, 4.69) is 39.0 Å². The zero-order valence-corrected chi connectivity index (χ0v) is 15.9. The predicted molar refractivity (Wildman–Crippen MR) is 98.3 cm³/mol. The Bertz CT molecular complexity index is 592. The van der Waals surface area contributed by atoms with E-state index in [0.29, 0.717) is 6.54 Å². The first kappa shape index (κ1) is 18.8. The van der Waals surface area contributed by atoms with E-state index < -0.39 is 5.60 Å². The van der Waals surface area contributed by atoms with Crippen LogP contribution in [0.2, 0.25) is 0 Å². The molecule has 1 amide bonds. The van der Waals surface area contributed by atoms with Crippen molar-refractivity contribution in [3.05, 3.63) is 34.9 Å². The van der Waals surface area contributed by atoms with Gasteiger partial charge in [-0.05, 0) is 64.2 Å². The van der Waals surface area contributed by atoms with Gasteiger partial charge in [-0.25, -0.2) is 4.79 Å². The number of nitrogens with zero attached hydrogens (tertiary/aromatic N) is 1. The molecular weight excluding hydrogens is 300 g/mol. The molecule has 0 aromatic heterocycles. The topological polar surface area (TPSA) is 55.6 Å². The van der Waals surface area contributed by atoms with E-state index in [1.54, 1.807) is 0 Å². The number of ether oxygens (including phenoxy) is 1. The number of hydrogen-bond donors (Lipinski definition) is 1. The van der Waals surface area contributed by atoms with Gasteiger partial charge in [0.1, 0.15) is 5.60 Å². The van der Waals surface area contributed by atoms with Gasteiger partial charge in [0.05, 0.1) is 0 Å². The van der Waals surface area contributed by atoms with Crippen LogP contribution in [0.1, 0.15) is 63.1 Å². The van der Waals surface area contributed by atoms with Crippen molar-refractivity contribution in [1.29, 1.82) is 0 Å². The van der Waals surface area contributed by atoms with Crippen LogP contribution in [0.3, 0.4) is 0 Å². The molecule has 2 N–H and O–H groups in total. The molecule has 2 rings (SSSR count). The highest BCUT2D eigenvalue weighted by Crippen LogP contribution is 2.34. The van der Waals surface area contributed by atoms with Gasteiger partial charge in [0.2, 0.25) is 0 Å². The van der Waals surface area contributed by atoms with Crippen molar-refractivity contribution in [2.75, 3.05) is 6.54 Å². The predicted octanol–water partition coefficient (Wildman–Crippen LogP) is 4.13. The Hall–Kier alpha value is -1.55. The Kier molecular flexibility index (Phi) is 5.59. The summed E-state index contributed by atoms with van der Waals surface area (Å²) in [7, 11) is 0. The molecule has 1 aromatic carbocycles. The summed E-state index contributed by atoms with van der Waals surface area (Å²) in [6.45, 7) is 12.7. The molecule has 1 aliphatic heterocycles. The third-order valence-electron chi connectivity index (χ3n) is 5.00. The molecule has 4 nitrogen and oxygen atoms in total. The van der Waals surface area contributed by atoms with Gasteiger partial charge in [0, 0.05) is 24.5 Å².